The molecule has 27 heavy (non-hydrogen) atoms. The van der Waals surface area contributed by atoms with Crippen molar-refractivity contribution in [2.45, 2.75) is 20.0 Å². The molecule has 0 fully saturated rings. The summed E-state index contributed by atoms with van der Waals surface area (Å²) in [6.45, 7) is 2.18. The van der Waals surface area contributed by atoms with Crippen molar-refractivity contribution < 1.29 is 19.1 Å². The number of nitrogens with one attached hydrogen (secondary N) is 1. The molecule has 2 aromatic rings. The second-order valence-corrected chi connectivity index (χ2v) is 6.03. The molecule has 0 bridgehead atoms. The highest BCUT2D eigenvalue weighted by molar-refractivity contribution is 5.99. The van der Waals surface area contributed by atoms with Crippen molar-refractivity contribution in [1.82, 2.24) is 15.3 Å². The van der Waals surface area contributed by atoms with Gasteiger partial charge < -0.3 is 10.1 Å². The predicted molar refractivity (Wildman–Crippen MR) is 98.3 cm³/mol. The van der Waals surface area contributed by atoms with Gasteiger partial charge in [-0.2, -0.15) is 0 Å². The first kappa shape index (κ1) is 18.4. The molecule has 0 saturated carbocycles. The van der Waals surface area contributed by atoms with E-state index in [1.807, 2.05) is 42.5 Å². The molecule has 1 aliphatic rings. The van der Waals surface area contributed by atoms with Crippen LogP contribution in [0.1, 0.15) is 28.4 Å². The van der Waals surface area contributed by atoms with E-state index in [0.717, 1.165) is 11.1 Å². The van der Waals surface area contributed by atoms with E-state index in [0.29, 0.717) is 12.1 Å². The highest BCUT2D eigenvalue weighted by Gasteiger charge is 2.34. The molecule has 1 N–H and O–H groups in total. The van der Waals surface area contributed by atoms with Crippen LogP contribution < -0.4 is 5.32 Å². The lowest BCUT2D eigenvalue weighted by Gasteiger charge is -2.31. The Hall–Kier alpha value is -3.35. The minimum absolute atomic E-state index is 0.204. The molecule has 0 radical (unpaired) electrons. The number of hydrogen-bond donors (Lipinski definition) is 1. The zero-order valence-corrected chi connectivity index (χ0v) is 15.1. The van der Waals surface area contributed by atoms with Gasteiger partial charge in [0.25, 0.3) is 5.91 Å². The molecule has 1 heterocycles. The minimum atomic E-state index is -0.534. The molecule has 0 spiro atoms. The predicted octanol–water partition coefficient (Wildman–Crippen LogP) is 2.33. The summed E-state index contributed by atoms with van der Waals surface area (Å²) in [4.78, 5) is 37.1. The zero-order chi connectivity index (χ0) is 19.2. The fraction of sp³-hybridized carbons (Fsp3) is 0.250. The Morgan fingerprint density at radius 3 is 2.52 bits per heavy atom. The Bertz CT molecular complexity index is 838. The van der Waals surface area contributed by atoms with Crippen molar-refractivity contribution in [3.8, 4) is 0 Å². The van der Waals surface area contributed by atoms with Gasteiger partial charge in [-0.3, -0.25) is 9.59 Å². The summed E-state index contributed by atoms with van der Waals surface area (Å²) in [6, 6.07) is 16.1. The standard InChI is InChI=1S/C20H21N3O4/c1-2-27-18(24)12-21-20(26)23(13-15-8-4-3-5-9-15)22-14-16-10-6-7-11-17(16)19(22)25/h3-11H,2,12-14H2,1H3,(H,21,26). The normalized spacial score (nSPS) is 12.5. The van der Waals surface area contributed by atoms with Crippen molar-refractivity contribution in [2.75, 3.05) is 13.2 Å². The van der Waals surface area contributed by atoms with Crippen LogP contribution in [0.25, 0.3) is 0 Å². The van der Waals surface area contributed by atoms with Gasteiger partial charge in [0.05, 0.1) is 19.7 Å². The third-order valence-electron chi connectivity index (χ3n) is 4.19. The fourth-order valence-electron chi connectivity index (χ4n) is 2.91. The summed E-state index contributed by atoms with van der Waals surface area (Å²) in [5, 5.41) is 5.26. The summed E-state index contributed by atoms with van der Waals surface area (Å²) in [5.74, 6) is -0.769. The summed E-state index contributed by atoms with van der Waals surface area (Å²) >= 11 is 0. The Kier molecular flexibility index (Phi) is 5.71. The first-order valence-electron chi connectivity index (χ1n) is 8.74. The number of esters is 1. The Labute approximate surface area is 157 Å². The molecule has 140 valence electrons. The van der Waals surface area contributed by atoms with Crippen LogP contribution in [0.15, 0.2) is 54.6 Å². The number of ether oxygens (including phenoxy) is 1. The molecule has 0 saturated heterocycles. The van der Waals surface area contributed by atoms with Gasteiger partial charge >= 0.3 is 12.0 Å². The molecule has 0 aliphatic carbocycles. The Balaban J connectivity index is 1.79. The molecule has 0 aromatic heterocycles. The monoisotopic (exact) mass is 367 g/mol. The van der Waals surface area contributed by atoms with Gasteiger partial charge in [0.2, 0.25) is 0 Å². The number of urea groups is 1. The van der Waals surface area contributed by atoms with Crippen LogP contribution >= 0.6 is 0 Å². The molecular formula is C20H21N3O4. The van der Waals surface area contributed by atoms with E-state index < -0.39 is 12.0 Å². The van der Waals surface area contributed by atoms with Crippen LogP contribution in [0.3, 0.4) is 0 Å². The summed E-state index contributed by atoms with van der Waals surface area (Å²) in [5.41, 5.74) is 2.31. The highest BCUT2D eigenvalue weighted by atomic mass is 16.5. The number of amides is 3. The number of fused-ring (bicyclic) bond motifs is 1. The first-order chi connectivity index (χ1) is 13.1. The lowest BCUT2D eigenvalue weighted by Crippen LogP contribution is -2.51. The van der Waals surface area contributed by atoms with Crippen molar-refractivity contribution in [3.63, 3.8) is 0 Å². The van der Waals surface area contributed by atoms with Crippen molar-refractivity contribution in [3.05, 3.63) is 71.3 Å². The molecule has 0 unspecified atom stereocenters. The molecule has 2 aromatic carbocycles. The van der Waals surface area contributed by atoms with Gasteiger partial charge in [-0.25, -0.2) is 14.8 Å². The molecular weight excluding hydrogens is 346 g/mol. The second-order valence-electron chi connectivity index (χ2n) is 6.03. The number of carbonyl (C=O) groups excluding carboxylic acids is 3. The van der Waals surface area contributed by atoms with E-state index in [9.17, 15) is 14.4 Å². The number of carbonyl (C=O) groups is 3. The average Bonchev–Trinajstić information content (AvgIpc) is 3.02. The fourth-order valence-corrected chi connectivity index (χ4v) is 2.91. The maximum absolute atomic E-state index is 12.8. The lowest BCUT2D eigenvalue weighted by molar-refractivity contribution is -0.141. The molecule has 7 nitrogen and oxygen atoms in total. The minimum Gasteiger partial charge on any atom is -0.465 e. The SMILES string of the molecule is CCOC(=O)CNC(=O)N(Cc1ccccc1)N1Cc2ccccc2C1=O. The largest absolute Gasteiger partial charge is 0.465 e. The van der Waals surface area contributed by atoms with E-state index >= 15 is 0 Å². The molecule has 3 amide bonds. The smallest absolute Gasteiger partial charge is 0.337 e. The van der Waals surface area contributed by atoms with E-state index in [1.54, 1.807) is 19.1 Å². The summed E-state index contributed by atoms with van der Waals surface area (Å²) in [7, 11) is 0. The molecule has 7 heteroatoms. The zero-order valence-electron chi connectivity index (χ0n) is 15.1. The van der Waals surface area contributed by atoms with Crippen LogP contribution in [0.2, 0.25) is 0 Å². The number of benzene rings is 2. The van der Waals surface area contributed by atoms with Gasteiger partial charge in [-0.1, -0.05) is 48.5 Å². The second kappa shape index (κ2) is 8.35. The maximum Gasteiger partial charge on any atom is 0.337 e. The van der Waals surface area contributed by atoms with Crippen LogP contribution in [-0.4, -0.2) is 41.1 Å². The third kappa shape index (κ3) is 4.25. The molecule has 1 aliphatic heterocycles. The first-order valence-corrected chi connectivity index (χ1v) is 8.74. The van der Waals surface area contributed by atoms with E-state index in [1.165, 1.54) is 10.0 Å². The lowest BCUT2D eigenvalue weighted by atomic mass is 10.1. The van der Waals surface area contributed by atoms with Gasteiger partial charge in [0.15, 0.2) is 0 Å². The van der Waals surface area contributed by atoms with E-state index in [2.05, 4.69) is 5.32 Å². The van der Waals surface area contributed by atoms with Gasteiger partial charge in [-0.15, -0.1) is 0 Å². The van der Waals surface area contributed by atoms with E-state index in [-0.39, 0.29) is 25.6 Å². The van der Waals surface area contributed by atoms with Crippen LogP contribution in [0, 0.1) is 0 Å². The quantitative estimate of drug-likeness (QED) is 0.795. The Morgan fingerprint density at radius 2 is 1.81 bits per heavy atom. The van der Waals surface area contributed by atoms with Crippen LogP contribution in [0.4, 0.5) is 4.79 Å². The van der Waals surface area contributed by atoms with Crippen molar-refractivity contribution in [1.29, 1.82) is 0 Å². The third-order valence-corrected chi connectivity index (χ3v) is 4.19. The van der Waals surface area contributed by atoms with Gasteiger partial charge in [0.1, 0.15) is 6.54 Å². The topological polar surface area (TPSA) is 79.0 Å². The number of nitrogens with zero attached hydrogens (tertiary/aromatic N) is 2. The number of hydrogen-bond acceptors (Lipinski definition) is 4. The van der Waals surface area contributed by atoms with Crippen LogP contribution in [0.5, 0.6) is 0 Å². The average molecular weight is 367 g/mol. The van der Waals surface area contributed by atoms with Gasteiger partial charge in [0, 0.05) is 5.56 Å². The number of rotatable bonds is 6. The highest BCUT2D eigenvalue weighted by Crippen LogP contribution is 2.25. The van der Waals surface area contributed by atoms with E-state index in [4.69, 9.17) is 4.74 Å². The molecule has 3 rings (SSSR count). The van der Waals surface area contributed by atoms with Crippen LogP contribution in [-0.2, 0) is 22.6 Å². The number of hydrazine groups is 1. The van der Waals surface area contributed by atoms with Crippen molar-refractivity contribution in [2.24, 2.45) is 0 Å². The summed E-state index contributed by atoms with van der Waals surface area (Å²) < 4.78 is 4.83. The van der Waals surface area contributed by atoms with Gasteiger partial charge in [-0.05, 0) is 24.1 Å². The van der Waals surface area contributed by atoms with Crippen molar-refractivity contribution >= 4 is 17.9 Å². The molecule has 0 atom stereocenters. The Morgan fingerprint density at radius 1 is 1.11 bits per heavy atom. The summed E-state index contributed by atoms with van der Waals surface area (Å²) in [6.07, 6.45) is 0. The maximum atomic E-state index is 12.8.